The Morgan fingerprint density at radius 1 is 1.33 bits per heavy atom. The third kappa shape index (κ3) is 2.57. The number of thioether (sulfide) groups is 1. The van der Waals surface area contributed by atoms with Gasteiger partial charge in [-0.25, -0.2) is 0 Å². The van der Waals surface area contributed by atoms with Crippen molar-refractivity contribution in [2.45, 2.75) is 5.16 Å². The van der Waals surface area contributed by atoms with Gasteiger partial charge in [0.05, 0.1) is 6.21 Å². The zero-order valence-electron chi connectivity index (χ0n) is 9.65. The summed E-state index contributed by atoms with van der Waals surface area (Å²) in [6, 6.07) is 9.44. The average molecular weight is 261 g/mol. The predicted octanol–water partition coefficient (Wildman–Crippen LogP) is 0.825. The number of nitrogens with zero attached hydrogens (tertiary/aromatic N) is 4. The summed E-state index contributed by atoms with van der Waals surface area (Å²) in [5.74, 6) is -0.169. The molecule has 0 aliphatic rings. The van der Waals surface area contributed by atoms with Crippen LogP contribution in [0.3, 0.4) is 0 Å². The first-order valence-corrected chi connectivity index (χ1v) is 6.33. The molecule has 0 amide bonds. The first-order chi connectivity index (χ1) is 8.72. The van der Waals surface area contributed by atoms with Gasteiger partial charge < -0.3 is 5.73 Å². The molecule has 1 aromatic heterocycles. The van der Waals surface area contributed by atoms with Crippen molar-refractivity contribution in [2.24, 2.45) is 5.10 Å². The van der Waals surface area contributed by atoms with Crippen molar-refractivity contribution in [3.8, 4) is 0 Å². The van der Waals surface area contributed by atoms with Crippen molar-refractivity contribution < 1.29 is 0 Å². The SMILES string of the molecule is CSc1nnc(N)c(=O)n1/N=C/c1ccccc1. The molecule has 0 aliphatic heterocycles. The Morgan fingerprint density at radius 3 is 2.72 bits per heavy atom. The van der Waals surface area contributed by atoms with Gasteiger partial charge >= 0.3 is 5.56 Å². The van der Waals surface area contributed by atoms with E-state index in [9.17, 15) is 4.79 Å². The van der Waals surface area contributed by atoms with Crippen LogP contribution >= 0.6 is 11.8 Å². The fraction of sp³-hybridized carbons (Fsp3) is 0.0909. The molecule has 0 unspecified atom stereocenters. The summed E-state index contributed by atoms with van der Waals surface area (Å²) < 4.78 is 1.14. The van der Waals surface area contributed by atoms with Gasteiger partial charge in [0.1, 0.15) is 0 Å². The molecule has 2 N–H and O–H groups in total. The zero-order chi connectivity index (χ0) is 13.0. The van der Waals surface area contributed by atoms with Crippen molar-refractivity contribution in [3.63, 3.8) is 0 Å². The minimum Gasteiger partial charge on any atom is -0.378 e. The van der Waals surface area contributed by atoms with Crippen LogP contribution in [0.1, 0.15) is 5.56 Å². The molecule has 0 bridgehead atoms. The highest BCUT2D eigenvalue weighted by Crippen LogP contribution is 2.08. The maximum atomic E-state index is 11.8. The molecule has 1 aromatic carbocycles. The van der Waals surface area contributed by atoms with E-state index >= 15 is 0 Å². The Hall–Kier alpha value is -2.15. The molecule has 0 saturated carbocycles. The van der Waals surface area contributed by atoms with E-state index < -0.39 is 5.56 Å². The Morgan fingerprint density at radius 2 is 2.06 bits per heavy atom. The molecule has 1 heterocycles. The molecular weight excluding hydrogens is 250 g/mol. The minimum absolute atomic E-state index is 0.169. The van der Waals surface area contributed by atoms with Crippen LogP contribution in [0.15, 0.2) is 45.4 Å². The number of anilines is 1. The summed E-state index contributed by atoms with van der Waals surface area (Å²) in [7, 11) is 0. The first-order valence-electron chi connectivity index (χ1n) is 5.11. The number of nitrogen functional groups attached to an aromatic ring is 1. The Bertz CT molecular complexity index is 623. The maximum Gasteiger partial charge on any atom is 0.317 e. The van der Waals surface area contributed by atoms with Crippen LogP contribution in [0.2, 0.25) is 0 Å². The summed E-state index contributed by atoms with van der Waals surface area (Å²) >= 11 is 1.27. The lowest BCUT2D eigenvalue weighted by molar-refractivity contribution is 0.655. The van der Waals surface area contributed by atoms with Gasteiger partial charge in [-0.05, 0) is 11.8 Å². The summed E-state index contributed by atoms with van der Waals surface area (Å²) in [6.07, 6.45) is 3.36. The zero-order valence-corrected chi connectivity index (χ0v) is 10.5. The van der Waals surface area contributed by atoms with Gasteiger partial charge in [0.15, 0.2) is 0 Å². The summed E-state index contributed by atoms with van der Waals surface area (Å²) in [5, 5.41) is 11.8. The van der Waals surface area contributed by atoms with Crippen LogP contribution in [0, 0.1) is 0 Å². The van der Waals surface area contributed by atoms with E-state index in [-0.39, 0.29) is 5.82 Å². The Kier molecular flexibility index (Phi) is 3.73. The highest BCUT2D eigenvalue weighted by atomic mass is 32.2. The molecule has 18 heavy (non-hydrogen) atoms. The number of hydrogen-bond donors (Lipinski definition) is 1. The van der Waals surface area contributed by atoms with Gasteiger partial charge in [-0.1, -0.05) is 42.1 Å². The van der Waals surface area contributed by atoms with Crippen molar-refractivity contribution in [3.05, 3.63) is 46.2 Å². The van der Waals surface area contributed by atoms with Crippen molar-refractivity contribution in [1.82, 2.24) is 14.9 Å². The van der Waals surface area contributed by atoms with E-state index in [2.05, 4.69) is 15.3 Å². The maximum absolute atomic E-state index is 11.8. The molecule has 0 saturated heterocycles. The van der Waals surface area contributed by atoms with E-state index in [1.165, 1.54) is 11.8 Å². The van der Waals surface area contributed by atoms with Crippen molar-refractivity contribution in [2.75, 3.05) is 12.0 Å². The average Bonchev–Trinajstić information content (AvgIpc) is 2.41. The highest BCUT2D eigenvalue weighted by molar-refractivity contribution is 7.98. The van der Waals surface area contributed by atoms with Crippen LogP contribution in [-0.4, -0.2) is 27.3 Å². The Labute approximate surface area is 108 Å². The van der Waals surface area contributed by atoms with Crippen molar-refractivity contribution >= 4 is 23.8 Å². The second kappa shape index (κ2) is 5.46. The lowest BCUT2D eigenvalue weighted by Crippen LogP contribution is -2.24. The predicted molar refractivity (Wildman–Crippen MR) is 71.9 cm³/mol. The molecular formula is C11H11N5OS. The number of rotatable bonds is 3. The summed E-state index contributed by atoms with van der Waals surface area (Å²) in [4.78, 5) is 11.8. The number of nitrogens with two attached hydrogens (primary N) is 1. The topological polar surface area (TPSA) is 86.2 Å². The molecule has 92 valence electrons. The third-order valence-electron chi connectivity index (χ3n) is 2.14. The van der Waals surface area contributed by atoms with E-state index in [1.807, 2.05) is 30.3 Å². The molecule has 0 atom stereocenters. The number of hydrogen-bond acceptors (Lipinski definition) is 6. The number of aromatic nitrogens is 3. The van der Waals surface area contributed by atoms with Crippen LogP contribution in [0.4, 0.5) is 5.82 Å². The van der Waals surface area contributed by atoms with Gasteiger partial charge in [0.25, 0.3) is 0 Å². The fourth-order valence-electron chi connectivity index (χ4n) is 1.27. The molecule has 6 nitrogen and oxygen atoms in total. The monoisotopic (exact) mass is 261 g/mol. The van der Waals surface area contributed by atoms with Gasteiger partial charge in [0.2, 0.25) is 11.0 Å². The van der Waals surface area contributed by atoms with Crippen LogP contribution < -0.4 is 11.3 Å². The minimum atomic E-state index is -0.471. The van der Waals surface area contributed by atoms with E-state index in [4.69, 9.17) is 5.73 Å². The van der Waals surface area contributed by atoms with Crippen LogP contribution in [0.25, 0.3) is 0 Å². The van der Waals surface area contributed by atoms with Crippen LogP contribution in [0.5, 0.6) is 0 Å². The summed E-state index contributed by atoms with van der Waals surface area (Å²) in [5.41, 5.74) is 5.83. The molecule has 7 heteroatoms. The molecule has 0 fully saturated rings. The standard InChI is InChI=1S/C11H11N5OS/c1-18-11-15-14-9(12)10(17)16(11)13-7-8-5-3-2-4-6-8/h2-7H,1H3,(H2,12,14)/b13-7+. The quantitative estimate of drug-likeness (QED) is 0.653. The first kappa shape index (κ1) is 12.3. The molecule has 0 radical (unpaired) electrons. The van der Waals surface area contributed by atoms with Crippen molar-refractivity contribution in [1.29, 1.82) is 0 Å². The third-order valence-corrected chi connectivity index (χ3v) is 2.76. The van der Waals surface area contributed by atoms with E-state index in [0.717, 1.165) is 10.2 Å². The van der Waals surface area contributed by atoms with E-state index in [1.54, 1.807) is 12.5 Å². The van der Waals surface area contributed by atoms with Crippen LogP contribution in [-0.2, 0) is 0 Å². The summed E-state index contributed by atoms with van der Waals surface area (Å²) in [6.45, 7) is 0. The fourth-order valence-corrected chi connectivity index (χ4v) is 1.70. The second-order valence-corrected chi connectivity index (χ2v) is 4.12. The van der Waals surface area contributed by atoms with E-state index in [0.29, 0.717) is 5.16 Å². The van der Waals surface area contributed by atoms with Gasteiger partial charge in [-0.15, -0.1) is 10.2 Å². The molecule has 2 rings (SSSR count). The number of benzene rings is 1. The van der Waals surface area contributed by atoms with Gasteiger partial charge in [0, 0.05) is 0 Å². The largest absolute Gasteiger partial charge is 0.378 e. The lowest BCUT2D eigenvalue weighted by atomic mass is 10.2. The van der Waals surface area contributed by atoms with Gasteiger partial charge in [-0.2, -0.15) is 9.78 Å². The second-order valence-electron chi connectivity index (χ2n) is 3.34. The molecule has 0 aliphatic carbocycles. The Balaban J connectivity index is 2.43. The lowest BCUT2D eigenvalue weighted by Gasteiger charge is -2.03. The normalized spacial score (nSPS) is 10.9. The molecule has 2 aromatic rings. The smallest absolute Gasteiger partial charge is 0.317 e. The highest BCUT2D eigenvalue weighted by Gasteiger charge is 2.07. The molecule has 0 spiro atoms. The van der Waals surface area contributed by atoms with Gasteiger partial charge in [-0.3, -0.25) is 4.79 Å².